The lowest BCUT2D eigenvalue weighted by atomic mass is 9.99. The van der Waals surface area contributed by atoms with Crippen molar-refractivity contribution in [1.29, 1.82) is 0 Å². The van der Waals surface area contributed by atoms with Gasteiger partial charge in [-0.1, -0.05) is 0 Å². The van der Waals surface area contributed by atoms with E-state index in [4.69, 9.17) is 0 Å². The molecule has 1 rings (SSSR count). The molecular formula is C9H3BF12O6. The second-order valence-corrected chi connectivity index (χ2v) is 4.77. The number of ether oxygens (including phenoxy) is 1. The highest BCUT2D eigenvalue weighted by Gasteiger charge is 2.86. The fourth-order valence-corrected chi connectivity index (χ4v) is 1.82. The number of methoxy groups -OCH3 is 1. The van der Waals surface area contributed by atoms with E-state index in [1.54, 1.807) is 0 Å². The van der Waals surface area contributed by atoms with Crippen molar-refractivity contribution in [2.45, 2.75) is 35.9 Å². The number of rotatable bonds is 3. The molecule has 0 aromatic heterocycles. The maximum absolute atomic E-state index is 12.9. The zero-order valence-electron chi connectivity index (χ0n) is 12.6. The number of alkyl halides is 12. The lowest BCUT2D eigenvalue weighted by molar-refractivity contribution is -0.359. The van der Waals surface area contributed by atoms with Crippen LogP contribution in [0.1, 0.15) is 0 Å². The van der Waals surface area contributed by atoms with E-state index in [9.17, 15) is 62.3 Å². The number of hydrogen-bond donors (Lipinski definition) is 0. The average Bonchev–Trinajstić information content (AvgIpc) is 2.78. The van der Waals surface area contributed by atoms with Crippen molar-refractivity contribution < 1.29 is 81.0 Å². The van der Waals surface area contributed by atoms with Gasteiger partial charge in [-0.05, 0) is 0 Å². The number of esters is 1. The Morgan fingerprint density at radius 2 is 1.29 bits per heavy atom. The molecule has 19 heteroatoms. The molecule has 1 fully saturated rings. The van der Waals surface area contributed by atoms with E-state index >= 15 is 0 Å². The lowest BCUT2D eigenvalue weighted by Crippen LogP contribution is -2.67. The van der Waals surface area contributed by atoms with Gasteiger partial charge in [-0.25, -0.2) is 9.59 Å². The summed E-state index contributed by atoms with van der Waals surface area (Å²) in [6, 6.07) is 0. The third-order valence-corrected chi connectivity index (χ3v) is 3.11. The normalized spacial score (nSPS) is 18.9. The summed E-state index contributed by atoms with van der Waals surface area (Å²) in [6.07, 6.45) is -27.2. The van der Waals surface area contributed by atoms with Crippen LogP contribution < -0.4 is 0 Å². The predicted molar refractivity (Wildman–Crippen MR) is 55.7 cm³/mol. The van der Waals surface area contributed by atoms with E-state index in [0.717, 1.165) is 0 Å². The third-order valence-electron chi connectivity index (χ3n) is 3.11. The standard InChI is InChI=1S/C9H3BF12O6/c1-25-2(23)4(6(11,12)13,7(14,15)16)27-10-26-3(24)5(28-10,8(17,18)19)9(20,21)22/h1H3. The van der Waals surface area contributed by atoms with E-state index in [0.29, 0.717) is 0 Å². The van der Waals surface area contributed by atoms with Gasteiger partial charge in [0.25, 0.3) is 0 Å². The van der Waals surface area contributed by atoms with Crippen molar-refractivity contribution >= 4 is 19.3 Å². The van der Waals surface area contributed by atoms with Crippen LogP contribution in [-0.4, -0.2) is 62.3 Å². The molecular weight excluding hydrogens is 443 g/mol. The summed E-state index contributed by atoms with van der Waals surface area (Å²) in [5.41, 5.74) is -12.1. The molecule has 0 atom stereocenters. The SMILES string of the molecule is COC(=O)C(OB1OC(=O)C(C(F)(F)F)(C(F)(F)F)O1)(C(F)(F)F)C(F)(F)F. The molecule has 0 radical (unpaired) electrons. The number of hydrogen-bond acceptors (Lipinski definition) is 6. The summed E-state index contributed by atoms with van der Waals surface area (Å²) in [6.45, 7) is 0. The van der Waals surface area contributed by atoms with Gasteiger partial charge >= 0.3 is 55.2 Å². The lowest BCUT2D eigenvalue weighted by Gasteiger charge is -2.34. The van der Waals surface area contributed by atoms with Gasteiger partial charge in [-0.2, -0.15) is 52.7 Å². The predicted octanol–water partition coefficient (Wildman–Crippen LogP) is 2.46. The third kappa shape index (κ3) is 3.33. The van der Waals surface area contributed by atoms with Crippen LogP contribution in [0.2, 0.25) is 0 Å². The maximum Gasteiger partial charge on any atom is 0.717 e. The Bertz CT molecular complexity index is 605. The van der Waals surface area contributed by atoms with Crippen LogP contribution in [0.3, 0.4) is 0 Å². The maximum atomic E-state index is 12.9. The van der Waals surface area contributed by atoms with Crippen molar-refractivity contribution in [3.05, 3.63) is 0 Å². The molecule has 0 amide bonds. The van der Waals surface area contributed by atoms with Gasteiger partial charge in [0, 0.05) is 0 Å². The summed E-state index contributed by atoms with van der Waals surface area (Å²) >= 11 is 0. The number of carbonyl (C=O) groups excluding carboxylic acids is 2. The van der Waals surface area contributed by atoms with Crippen molar-refractivity contribution in [2.24, 2.45) is 0 Å². The Morgan fingerprint density at radius 3 is 1.54 bits per heavy atom. The van der Waals surface area contributed by atoms with Crippen LogP contribution >= 0.6 is 0 Å². The molecule has 0 bridgehead atoms. The van der Waals surface area contributed by atoms with Crippen LogP contribution in [0.4, 0.5) is 52.7 Å². The van der Waals surface area contributed by atoms with Crippen molar-refractivity contribution in [2.75, 3.05) is 7.11 Å². The zero-order valence-corrected chi connectivity index (χ0v) is 12.6. The van der Waals surface area contributed by atoms with E-state index in [1.807, 2.05) is 0 Å². The van der Waals surface area contributed by atoms with Gasteiger partial charge < -0.3 is 18.7 Å². The molecule has 28 heavy (non-hydrogen) atoms. The topological polar surface area (TPSA) is 71.1 Å². The molecule has 1 heterocycles. The van der Waals surface area contributed by atoms with Gasteiger partial charge in [0.1, 0.15) is 0 Å². The van der Waals surface area contributed by atoms with Crippen LogP contribution in [0.5, 0.6) is 0 Å². The average molecular weight is 446 g/mol. The molecule has 0 spiro atoms. The highest BCUT2D eigenvalue weighted by Crippen LogP contribution is 2.52. The van der Waals surface area contributed by atoms with E-state index < -0.39 is 55.2 Å². The van der Waals surface area contributed by atoms with E-state index in [1.165, 1.54) is 0 Å². The van der Waals surface area contributed by atoms with Crippen LogP contribution in [0, 0.1) is 0 Å². The Labute approximate surface area is 144 Å². The summed E-state index contributed by atoms with van der Waals surface area (Å²) in [5.74, 6) is -6.82. The molecule has 6 nitrogen and oxygen atoms in total. The fourth-order valence-electron chi connectivity index (χ4n) is 1.82. The Balaban J connectivity index is 3.53. The quantitative estimate of drug-likeness (QED) is 0.377. The van der Waals surface area contributed by atoms with Crippen molar-refractivity contribution in [1.82, 2.24) is 0 Å². The highest BCUT2D eigenvalue weighted by molar-refractivity contribution is 6.43. The molecule has 1 saturated heterocycles. The van der Waals surface area contributed by atoms with Crippen LogP contribution in [-0.2, 0) is 28.3 Å². The second kappa shape index (κ2) is 6.56. The second-order valence-electron chi connectivity index (χ2n) is 4.77. The minimum absolute atomic E-state index is 0.0326. The Kier molecular flexibility index (Phi) is 5.65. The minimum Gasteiger partial charge on any atom is -0.482 e. The Morgan fingerprint density at radius 1 is 0.893 bits per heavy atom. The molecule has 1 aliphatic rings. The van der Waals surface area contributed by atoms with Gasteiger partial charge in [-0.3, -0.25) is 0 Å². The first-order valence-corrected chi connectivity index (χ1v) is 6.11. The first kappa shape index (κ1) is 24.1. The first-order valence-electron chi connectivity index (χ1n) is 6.11. The molecule has 0 aliphatic carbocycles. The molecule has 0 aromatic rings. The van der Waals surface area contributed by atoms with Crippen molar-refractivity contribution in [3.8, 4) is 0 Å². The summed E-state index contributed by atoms with van der Waals surface area (Å²) in [5, 5.41) is 0. The fraction of sp³-hybridized carbons (Fsp3) is 0.778. The largest absolute Gasteiger partial charge is 0.717 e. The number of carbonyl (C=O) groups is 2. The zero-order chi connectivity index (χ0) is 22.6. The van der Waals surface area contributed by atoms with E-state index in [-0.39, 0.29) is 7.11 Å². The van der Waals surface area contributed by atoms with Crippen molar-refractivity contribution in [3.63, 3.8) is 0 Å². The molecule has 0 unspecified atom stereocenters. The molecule has 0 saturated carbocycles. The van der Waals surface area contributed by atoms with Crippen LogP contribution in [0.25, 0.3) is 0 Å². The summed E-state index contributed by atoms with van der Waals surface area (Å²) in [4.78, 5) is 22.2. The minimum atomic E-state index is -6.85. The highest BCUT2D eigenvalue weighted by atomic mass is 19.4. The van der Waals surface area contributed by atoms with Gasteiger partial charge in [0.05, 0.1) is 7.11 Å². The summed E-state index contributed by atoms with van der Waals surface area (Å²) in [7, 11) is -4.23. The molecule has 162 valence electrons. The van der Waals surface area contributed by atoms with Crippen LogP contribution in [0.15, 0.2) is 0 Å². The van der Waals surface area contributed by atoms with Gasteiger partial charge in [-0.15, -0.1) is 0 Å². The summed E-state index contributed by atoms with van der Waals surface area (Å²) < 4.78 is 166. The molecule has 1 aliphatic heterocycles. The molecule has 0 N–H and O–H groups in total. The monoisotopic (exact) mass is 446 g/mol. The first-order chi connectivity index (χ1) is 12.2. The van der Waals surface area contributed by atoms with Gasteiger partial charge in [0.15, 0.2) is 0 Å². The van der Waals surface area contributed by atoms with E-state index in [2.05, 4.69) is 18.7 Å². The molecule has 0 aromatic carbocycles. The smallest absolute Gasteiger partial charge is 0.482 e. The van der Waals surface area contributed by atoms with Gasteiger partial charge in [0.2, 0.25) is 0 Å². The number of halogens is 12. The Hall–Kier alpha value is -1.92.